The molecule has 0 saturated heterocycles. The van der Waals surface area contributed by atoms with Gasteiger partial charge in [0, 0.05) is 17.5 Å². The summed E-state index contributed by atoms with van der Waals surface area (Å²) in [5.41, 5.74) is 0.247. The highest BCUT2D eigenvalue weighted by molar-refractivity contribution is 6.35. The van der Waals surface area contributed by atoms with Crippen molar-refractivity contribution in [2.24, 2.45) is 0 Å². The average Bonchev–Trinajstić information content (AvgIpc) is 3.13. The zero-order valence-electron chi connectivity index (χ0n) is 9.39. The molecule has 0 spiro atoms. The first-order valence-corrected chi connectivity index (χ1v) is 6.04. The molecule has 1 aliphatic carbocycles. The van der Waals surface area contributed by atoms with E-state index in [9.17, 15) is 14.7 Å². The Labute approximate surface area is 107 Å². The predicted octanol–water partition coefficient (Wildman–Crippen LogP) is 2.69. The molecular weight excluding hydrogens is 254 g/mol. The highest BCUT2D eigenvalue weighted by Gasteiger charge is 2.29. The number of carboxylic acid groups (broad SMARTS) is 1. The fourth-order valence-corrected chi connectivity index (χ4v) is 2.49. The molecule has 1 heterocycles. The summed E-state index contributed by atoms with van der Waals surface area (Å²) in [5, 5.41) is 10.1. The Hall–Kier alpha value is -1.81. The number of carbonyl (C=O) groups is 1. The SMILES string of the molecule is O=C(O)c1cc(=O)c2cccc(Cl)c2n1C1CC1. The van der Waals surface area contributed by atoms with Crippen molar-refractivity contribution in [2.45, 2.75) is 18.9 Å². The number of halogens is 1. The number of para-hydroxylation sites is 1. The molecule has 5 heteroatoms. The van der Waals surface area contributed by atoms with Crippen LogP contribution >= 0.6 is 11.6 Å². The lowest BCUT2D eigenvalue weighted by atomic mass is 10.1. The normalized spacial score (nSPS) is 14.9. The standard InChI is InChI=1S/C13H10ClNO3/c14-9-3-1-2-8-11(16)6-10(13(17)18)15(12(8)9)7-4-5-7/h1-3,6-7H,4-5H2,(H,17,18). The zero-order valence-corrected chi connectivity index (χ0v) is 10.1. The second-order valence-electron chi connectivity index (χ2n) is 4.44. The molecule has 0 radical (unpaired) electrons. The van der Waals surface area contributed by atoms with Crippen LogP contribution in [0.15, 0.2) is 29.1 Å². The quantitative estimate of drug-likeness (QED) is 0.906. The van der Waals surface area contributed by atoms with Crippen molar-refractivity contribution in [1.82, 2.24) is 4.57 Å². The van der Waals surface area contributed by atoms with Crippen LogP contribution in [0.5, 0.6) is 0 Å². The molecule has 1 fully saturated rings. The Bertz CT molecular complexity index is 716. The van der Waals surface area contributed by atoms with Gasteiger partial charge in [-0.15, -0.1) is 0 Å². The van der Waals surface area contributed by atoms with Crippen molar-refractivity contribution in [2.75, 3.05) is 0 Å². The molecule has 1 aromatic heterocycles. The zero-order chi connectivity index (χ0) is 12.9. The van der Waals surface area contributed by atoms with Crippen molar-refractivity contribution >= 4 is 28.5 Å². The third-order valence-corrected chi connectivity index (χ3v) is 3.46. The third-order valence-electron chi connectivity index (χ3n) is 3.15. The lowest BCUT2D eigenvalue weighted by Crippen LogP contribution is -2.17. The van der Waals surface area contributed by atoms with Gasteiger partial charge >= 0.3 is 5.97 Å². The van der Waals surface area contributed by atoms with E-state index in [2.05, 4.69) is 0 Å². The van der Waals surface area contributed by atoms with Crippen molar-refractivity contribution < 1.29 is 9.90 Å². The Morgan fingerprint density at radius 3 is 2.72 bits per heavy atom. The van der Waals surface area contributed by atoms with E-state index < -0.39 is 5.97 Å². The first kappa shape index (κ1) is 11.3. The van der Waals surface area contributed by atoms with Crippen LogP contribution in [0.1, 0.15) is 29.4 Å². The predicted molar refractivity (Wildman–Crippen MR) is 68.4 cm³/mol. The average molecular weight is 264 g/mol. The summed E-state index contributed by atoms with van der Waals surface area (Å²) in [6.07, 6.45) is 1.84. The molecule has 0 atom stereocenters. The van der Waals surface area contributed by atoms with E-state index >= 15 is 0 Å². The van der Waals surface area contributed by atoms with Crippen LogP contribution in [0.4, 0.5) is 0 Å². The fourth-order valence-electron chi connectivity index (χ4n) is 2.23. The number of rotatable bonds is 2. The summed E-state index contributed by atoms with van der Waals surface area (Å²) < 4.78 is 1.68. The summed E-state index contributed by atoms with van der Waals surface area (Å²) in [5.74, 6) is -1.10. The number of fused-ring (bicyclic) bond motifs is 1. The summed E-state index contributed by atoms with van der Waals surface area (Å²) in [4.78, 5) is 23.2. The topological polar surface area (TPSA) is 59.3 Å². The van der Waals surface area contributed by atoms with Gasteiger partial charge in [0.2, 0.25) is 0 Å². The lowest BCUT2D eigenvalue weighted by molar-refractivity contribution is 0.0684. The van der Waals surface area contributed by atoms with E-state index in [4.69, 9.17) is 11.6 Å². The first-order valence-electron chi connectivity index (χ1n) is 5.66. The Morgan fingerprint density at radius 2 is 2.11 bits per heavy atom. The number of aromatic nitrogens is 1. The molecule has 3 rings (SSSR count). The number of aromatic carboxylic acids is 1. The van der Waals surface area contributed by atoms with E-state index in [-0.39, 0.29) is 17.2 Å². The highest BCUT2D eigenvalue weighted by atomic mass is 35.5. The molecule has 0 aliphatic heterocycles. The minimum atomic E-state index is -1.10. The first-order chi connectivity index (χ1) is 8.59. The molecule has 2 aromatic rings. The Balaban J connectivity index is 2.51. The molecule has 0 bridgehead atoms. The van der Waals surface area contributed by atoms with Crippen molar-refractivity contribution in [1.29, 1.82) is 0 Å². The van der Waals surface area contributed by atoms with Gasteiger partial charge in [-0.25, -0.2) is 4.79 Å². The van der Waals surface area contributed by atoms with E-state index in [1.165, 1.54) is 6.07 Å². The second kappa shape index (κ2) is 3.85. The molecule has 1 saturated carbocycles. The summed E-state index contributed by atoms with van der Waals surface area (Å²) in [6, 6.07) is 6.37. The molecule has 1 aliphatic rings. The molecule has 0 amide bonds. The van der Waals surface area contributed by atoms with Gasteiger partial charge in [-0.05, 0) is 25.0 Å². The monoisotopic (exact) mass is 263 g/mol. The van der Waals surface area contributed by atoms with Crippen molar-refractivity contribution in [3.63, 3.8) is 0 Å². The van der Waals surface area contributed by atoms with Gasteiger partial charge < -0.3 is 9.67 Å². The number of carboxylic acids is 1. The molecule has 0 unspecified atom stereocenters. The molecule has 18 heavy (non-hydrogen) atoms. The molecule has 4 nitrogen and oxygen atoms in total. The lowest BCUT2D eigenvalue weighted by Gasteiger charge is -2.14. The number of pyridine rings is 1. The van der Waals surface area contributed by atoms with Gasteiger partial charge in [-0.1, -0.05) is 17.7 Å². The fraction of sp³-hybridized carbons (Fsp3) is 0.231. The maximum atomic E-state index is 11.9. The van der Waals surface area contributed by atoms with Crippen LogP contribution in [0.2, 0.25) is 5.02 Å². The number of nitrogens with zero attached hydrogens (tertiary/aromatic N) is 1. The van der Waals surface area contributed by atoms with Crippen LogP contribution in [0.25, 0.3) is 10.9 Å². The van der Waals surface area contributed by atoms with Crippen LogP contribution in [0.3, 0.4) is 0 Å². The van der Waals surface area contributed by atoms with Crippen LogP contribution in [-0.4, -0.2) is 15.6 Å². The number of benzene rings is 1. The Morgan fingerprint density at radius 1 is 1.39 bits per heavy atom. The largest absolute Gasteiger partial charge is 0.477 e. The highest BCUT2D eigenvalue weighted by Crippen LogP contribution is 2.39. The van der Waals surface area contributed by atoms with E-state index in [1.54, 1.807) is 22.8 Å². The molecule has 1 N–H and O–H groups in total. The van der Waals surface area contributed by atoms with Gasteiger partial charge in [0.05, 0.1) is 10.5 Å². The summed E-state index contributed by atoms with van der Waals surface area (Å²) in [6.45, 7) is 0. The van der Waals surface area contributed by atoms with Crippen molar-refractivity contribution in [3.05, 3.63) is 45.2 Å². The van der Waals surface area contributed by atoms with Gasteiger partial charge in [0.1, 0.15) is 5.69 Å². The molecule has 1 aromatic carbocycles. The van der Waals surface area contributed by atoms with Crippen LogP contribution in [0, 0.1) is 0 Å². The summed E-state index contributed by atoms with van der Waals surface area (Å²) >= 11 is 6.13. The minimum Gasteiger partial charge on any atom is -0.477 e. The van der Waals surface area contributed by atoms with E-state index in [0.29, 0.717) is 15.9 Å². The minimum absolute atomic E-state index is 0.0168. The smallest absolute Gasteiger partial charge is 0.352 e. The third kappa shape index (κ3) is 1.61. The van der Waals surface area contributed by atoms with E-state index in [1.807, 2.05) is 0 Å². The van der Waals surface area contributed by atoms with Crippen LogP contribution in [-0.2, 0) is 0 Å². The Kier molecular flexibility index (Phi) is 2.41. The van der Waals surface area contributed by atoms with Gasteiger partial charge in [0.25, 0.3) is 0 Å². The number of hydrogen-bond acceptors (Lipinski definition) is 2. The van der Waals surface area contributed by atoms with Crippen molar-refractivity contribution in [3.8, 4) is 0 Å². The maximum Gasteiger partial charge on any atom is 0.352 e. The van der Waals surface area contributed by atoms with E-state index in [0.717, 1.165) is 12.8 Å². The summed E-state index contributed by atoms with van der Waals surface area (Å²) in [7, 11) is 0. The molecule has 92 valence electrons. The van der Waals surface area contributed by atoms with Gasteiger partial charge in [-0.3, -0.25) is 4.79 Å². The van der Waals surface area contributed by atoms with Crippen LogP contribution < -0.4 is 5.43 Å². The number of hydrogen-bond donors (Lipinski definition) is 1. The maximum absolute atomic E-state index is 11.9. The molecular formula is C13H10ClNO3. The van der Waals surface area contributed by atoms with Gasteiger partial charge in [-0.2, -0.15) is 0 Å². The van der Waals surface area contributed by atoms with Gasteiger partial charge in [0.15, 0.2) is 5.43 Å². The second-order valence-corrected chi connectivity index (χ2v) is 4.84.